The largest absolute Gasteiger partial charge is 0.481 e. The fraction of sp³-hybridized carbons (Fsp3) is 0.500. The van der Waals surface area contributed by atoms with Crippen LogP contribution in [0.5, 0.6) is 0 Å². The quantitative estimate of drug-likeness (QED) is 0.820. The van der Waals surface area contributed by atoms with E-state index in [1.54, 1.807) is 6.92 Å². The minimum absolute atomic E-state index is 0.00344. The molecule has 0 bridgehead atoms. The first kappa shape index (κ1) is 16.0. The number of aryl methyl sites for hydroxylation is 1. The van der Waals surface area contributed by atoms with Gasteiger partial charge >= 0.3 is 5.97 Å². The molecule has 0 aliphatic heterocycles. The molecule has 1 aliphatic rings. The lowest BCUT2D eigenvalue weighted by Crippen LogP contribution is -2.25. The molecule has 1 aliphatic carbocycles. The SMILES string of the molecule is Cc1cc(C(=O)CC2(CC(=O)O)CCCC2)c(Cl)cc1F. The molecule has 0 spiro atoms. The molecule has 0 unspecified atom stereocenters. The van der Waals surface area contributed by atoms with Crippen LogP contribution in [-0.2, 0) is 4.79 Å². The second-order valence-corrected chi connectivity index (χ2v) is 6.37. The lowest BCUT2D eigenvalue weighted by Gasteiger charge is -2.26. The van der Waals surface area contributed by atoms with Crippen LogP contribution in [0.1, 0.15) is 54.4 Å². The van der Waals surface area contributed by atoms with Crippen molar-refractivity contribution < 1.29 is 19.1 Å². The summed E-state index contributed by atoms with van der Waals surface area (Å²) in [7, 11) is 0. The molecule has 0 radical (unpaired) electrons. The molecule has 3 nitrogen and oxygen atoms in total. The Kier molecular flexibility index (Phi) is 4.67. The summed E-state index contributed by atoms with van der Waals surface area (Å²) in [6, 6.07) is 2.59. The Bertz CT molecular complexity index is 577. The molecule has 21 heavy (non-hydrogen) atoms. The van der Waals surface area contributed by atoms with Gasteiger partial charge in [0.15, 0.2) is 5.78 Å². The zero-order chi connectivity index (χ0) is 15.6. The molecule has 5 heteroatoms. The summed E-state index contributed by atoms with van der Waals surface area (Å²) in [6.07, 6.45) is 3.51. The molecule has 2 rings (SSSR count). The highest BCUT2D eigenvalue weighted by Crippen LogP contribution is 2.45. The molecule has 1 saturated carbocycles. The van der Waals surface area contributed by atoms with Crippen molar-refractivity contribution in [1.82, 2.24) is 0 Å². The number of carbonyl (C=O) groups is 2. The fourth-order valence-corrected chi connectivity index (χ4v) is 3.42. The van der Waals surface area contributed by atoms with Gasteiger partial charge in [0.1, 0.15) is 5.82 Å². The Morgan fingerprint density at radius 3 is 2.48 bits per heavy atom. The van der Waals surface area contributed by atoms with Gasteiger partial charge in [-0.2, -0.15) is 0 Å². The van der Waals surface area contributed by atoms with E-state index in [4.69, 9.17) is 16.7 Å². The van der Waals surface area contributed by atoms with Crippen LogP contribution in [0.25, 0.3) is 0 Å². The third-order valence-corrected chi connectivity index (χ3v) is 4.59. The van der Waals surface area contributed by atoms with Crippen molar-refractivity contribution in [3.8, 4) is 0 Å². The fourth-order valence-electron chi connectivity index (χ4n) is 3.17. The first-order chi connectivity index (χ1) is 9.83. The second kappa shape index (κ2) is 6.14. The molecule has 0 saturated heterocycles. The van der Waals surface area contributed by atoms with Gasteiger partial charge in [-0.1, -0.05) is 24.4 Å². The topological polar surface area (TPSA) is 54.4 Å². The van der Waals surface area contributed by atoms with Gasteiger partial charge in [0.2, 0.25) is 0 Å². The highest BCUT2D eigenvalue weighted by Gasteiger charge is 2.38. The number of ketones is 1. The number of hydrogen-bond acceptors (Lipinski definition) is 2. The maximum absolute atomic E-state index is 13.4. The van der Waals surface area contributed by atoms with E-state index < -0.39 is 17.2 Å². The van der Waals surface area contributed by atoms with Gasteiger partial charge in [0, 0.05) is 12.0 Å². The number of hydrogen-bond donors (Lipinski definition) is 1. The molecule has 1 aromatic rings. The number of Topliss-reactive ketones (excluding diaryl/α,β-unsaturated/α-hetero) is 1. The van der Waals surface area contributed by atoms with Gasteiger partial charge in [-0.05, 0) is 42.9 Å². The predicted octanol–water partition coefficient (Wildman–Crippen LogP) is 4.40. The summed E-state index contributed by atoms with van der Waals surface area (Å²) in [5.41, 5.74) is 0.169. The van der Waals surface area contributed by atoms with Crippen molar-refractivity contribution in [2.75, 3.05) is 0 Å². The average Bonchev–Trinajstić information content (AvgIpc) is 2.80. The Morgan fingerprint density at radius 2 is 1.90 bits per heavy atom. The number of carbonyl (C=O) groups excluding carboxylic acids is 1. The lowest BCUT2D eigenvalue weighted by atomic mass is 9.77. The van der Waals surface area contributed by atoms with E-state index in [1.165, 1.54) is 6.07 Å². The third-order valence-electron chi connectivity index (χ3n) is 4.27. The van der Waals surface area contributed by atoms with E-state index in [2.05, 4.69) is 0 Å². The van der Waals surface area contributed by atoms with Crippen molar-refractivity contribution in [1.29, 1.82) is 0 Å². The smallest absolute Gasteiger partial charge is 0.303 e. The minimum Gasteiger partial charge on any atom is -0.481 e. The van der Waals surface area contributed by atoms with Crippen LogP contribution in [0.2, 0.25) is 5.02 Å². The van der Waals surface area contributed by atoms with Crippen LogP contribution >= 0.6 is 11.6 Å². The Balaban J connectivity index is 2.24. The summed E-state index contributed by atoms with van der Waals surface area (Å²) in [5.74, 6) is -1.53. The summed E-state index contributed by atoms with van der Waals surface area (Å²) in [4.78, 5) is 23.5. The number of rotatable bonds is 5. The van der Waals surface area contributed by atoms with E-state index in [0.717, 1.165) is 31.7 Å². The number of aliphatic carboxylic acids is 1. The van der Waals surface area contributed by atoms with Crippen LogP contribution in [-0.4, -0.2) is 16.9 Å². The molecule has 0 amide bonds. The Morgan fingerprint density at radius 1 is 1.29 bits per heavy atom. The molecule has 0 aromatic heterocycles. The van der Waals surface area contributed by atoms with Crippen molar-refractivity contribution in [3.05, 3.63) is 34.1 Å². The highest BCUT2D eigenvalue weighted by atomic mass is 35.5. The van der Waals surface area contributed by atoms with Gasteiger partial charge in [-0.15, -0.1) is 0 Å². The Hall–Kier alpha value is -1.42. The first-order valence-electron chi connectivity index (χ1n) is 7.04. The van der Waals surface area contributed by atoms with Gasteiger partial charge in [0.25, 0.3) is 0 Å². The van der Waals surface area contributed by atoms with Crippen molar-refractivity contribution in [2.24, 2.45) is 5.41 Å². The van der Waals surface area contributed by atoms with E-state index in [1.807, 2.05) is 0 Å². The molecule has 1 N–H and O–H groups in total. The average molecular weight is 313 g/mol. The minimum atomic E-state index is -0.883. The summed E-state index contributed by atoms with van der Waals surface area (Å²) in [6.45, 7) is 1.57. The van der Waals surface area contributed by atoms with Crippen molar-refractivity contribution >= 4 is 23.4 Å². The Labute approximate surface area is 128 Å². The standard InChI is InChI=1S/C16H18ClFO3/c1-10-6-11(12(17)7-13(10)18)14(19)8-16(9-15(20)21)4-2-3-5-16/h6-7H,2-5,8-9H2,1H3,(H,20,21). The lowest BCUT2D eigenvalue weighted by molar-refractivity contribution is -0.139. The predicted molar refractivity (Wildman–Crippen MR) is 78.2 cm³/mol. The normalized spacial score (nSPS) is 16.9. The zero-order valence-corrected chi connectivity index (χ0v) is 12.7. The van der Waals surface area contributed by atoms with E-state index in [0.29, 0.717) is 5.56 Å². The molecule has 1 fully saturated rings. The zero-order valence-electron chi connectivity index (χ0n) is 11.9. The molecular weight excluding hydrogens is 295 g/mol. The van der Waals surface area contributed by atoms with Gasteiger partial charge < -0.3 is 5.11 Å². The van der Waals surface area contributed by atoms with Crippen LogP contribution in [0.4, 0.5) is 4.39 Å². The van der Waals surface area contributed by atoms with Gasteiger partial charge in [-0.25, -0.2) is 4.39 Å². The number of carboxylic acid groups (broad SMARTS) is 1. The maximum Gasteiger partial charge on any atom is 0.303 e. The summed E-state index contributed by atoms with van der Waals surface area (Å²) < 4.78 is 13.4. The summed E-state index contributed by atoms with van der Waals surface area (Å²) >= 11 is 5.96. The van der Waals surface area contributed by atoms with Crippen LogP contribution in [0.3, 0.4) is 0 Å². The monoisotopic (exact) mass is 312 g/mol. The highest BCUT2D eigenvalue weighted by molar-refractivity contribution is 6.34. The summed E-state index contributed by atoms with van der Waals surface area (Å²) in [5, 5.41) is 9.16. The van der Waals surface area contributed by atoms with E-state index in [9.17, 15) is 14.0 Å². The van der Waals surface area contributed by atoms with E-state index in [-0.39, 0.29) is 29.2 Å². The van der Waals surface area contributed by atoms with Crippen molar-refractivity contribution in [2.45, 2.75) is 45.4 Å². The number of carboxylic acids is 1. The molecule has 0 atom stereocenters. The third kappa shape index (κ3) is 3.62. The molecule has 1 aromatic carbocycles. The second-order valence-electron chi connectivity index (χ2n) is 5.96. The number of halogens is 2. The molecule has 0 heterocycles. The van der Waals surface area contributed by atoms with Crippen molar-refractivity contribution in [3.63, 3.8) is 0 Å². The van der Waals surface area contributed by atoms with Gasteiger partial charge in [0.05, 0.1) is 11.4 Å². The first-order valence-corrected chi connectivity index (χ1v) is 7.41. The van der Waals surface area contributed by atoms with Crippen LogP contribution in [0, 0.1) is 18.2 Å². The van der Waals surface area contributed by atoms with E-state index >= 15 is 0 Å². The van der Waals surface area contributed by atoms with Gasteiger partial charge in [-0.3, -0.25) is 9.59 Å². The van der Waals surface area contributed by atoms with Crippen LogP contribution < -0.4 is 0 Å². The molecule has 114 valence electrons. The molecular formula is C16H18ClFO3. The number of benzene rings is 1. The maximum atomic E-state index is 13.4. The van der Waals surface area contributed by atoms with Crippen LogP contribution in [0.15, 0.2) is 12.1 Å².